The van der Waals surface area contributed by atoms with Crippen molar-refractivity contribution in [1.82, 2.24) is 5.32 Å². The Kier molecular flexibility index (Phi) is 4.80. The summed E-state index contributed by atoms with van der Waals surface area (Å²) in [5.74, 6) is -1.39. The van der Waals surface area contributed by atoms with E-state index in [1.54, 1.807) is 24.3 Å². The fourth-order valence-corrected chi connectivity index (χ4v) is 2.34. The minimum atomic E-state index is -1.07. The molecule has 0 bridgehead atoms. The number of carbonyl (C=O) groups is 3. The fourth-order valence-electron chi connectivity index (χ4n) is 2.34. The van der Waals surface area contributed by atoms with Crippen LogP contribution in [0, 0.1) is 5.41 Å². The Morgan fingerprint density at radius 1 is 1.18 bits per heavy atom. The van der Waals surface area contributed by atoms with Gasteiger partial charge in [-0.05, 0) is 30.5 Å². The summed E-state index contributed by atoms with van der Waals surface area (Å²) in [6, 6.07) is 7.00. The molecule has 2 amide bonds. The van der Waals surface area contributed by atoms with Crippen LogP contribution in [0.3, 0.4) is 0 Å². The van der Waals surface area contributed by atoms with Gasteiger partial charge >= 0.3 is 5.97 Å². The number of rotatable bonds is 6. The van der Waals surface area contributed by atoms with Gasteiger partial charge in [-0.2, -0.15) is 0 Å². The summed E-state index contributed by atoms with van der Waals surface area (Å²) in [5, 5.41) is 13.7. The first kappa shape index (κ1) is 16.0. The molecule has 6 nitrogen and oxygen atoms in total. The Morgan fingerprint density at radius 3 is 2.32 bits per heavy atom. The Morgan fingerprint density at radius 2 is 1.82 bits per heavy atom. The second-order valence-corrected chi connectivity index (χ2v) is 5.91. The Bertz CT molecular complexity index is 576. The zero-order valence-corrected chi connectivity index (χ0v) is 12.5. The summed E-state index contributed by atoms with van der Waals surface area (Å²) < 4.78 is 0. The maximum atomic E-state index is 12.1. The number of carbonyl (C=O) groups excluding carboxylic acids is 2. The molecule has 0 unspecified atom stereocenters. The average Bonchev–Trinajstić information content (AvgIpc) is 2.44. The van der Waals surface area contributed by atoms with Gasteiger partial charge in [-0.3, -0.25) is 14.4 Å². The van der Waals surface area contributed by atoms with Crippen molar-refractivity contribution >= 4 is 23.5 Å². The van der Waals surface area contributed by atoms with Crippen molar-refractivity contribution in [2.75, 3.05) is 11.9 Å². The maximum Gasteiger partial charge on any atom is 0.322 e. The minimum Gasteiger partial charge on any atom is -0.480 e. The molecule has 1 aliphatic rings. The second-order valence-electron chi connectivity index (χ2n) is 5.91. The van der Waals surface area contributed by atoms with Gasteiger partial charge in [0, 0.05) is 11.1 Å². The van der Waals surface area contributed by atoms with Crippen LogP contribution in [0.15, 0.2) is 24.3 Å². The van der Waals surface area contributed by atoms with E-state index in [-0.39, 0.29) is 30.2 Å². The molecule has 0 atom stereocenters. The number of carboxylic acids is 1. The first-order chi connectivity index (χ1) is 10.4. The first-order valence-corrected chi connectivity index (χ1v) is 7.28. The zero-order chi connectivity index (χ0) is 16.2. The normalized spacial score (nSPS) is 15.5. The lowest BCUT2D eigenvalue weighted by atomic mass is 9.70. The minimum absolute atomic E-state index is 0.0331. The quantitative estimate of drug-likeness (QED) is 0.743. The van der Waals surface area contributed by atoms with Crippen LogP contribution in [0.5, 0.6) is 0 Å². The summed E-state index contributed by atoms with van der Waals surface area (Å²) in [4.78, 5) is 34.0. The van der Waals surface area contributed by atoms with Crippen molar-refractivity contribution in [2.24, 2.45) is 5.41 Å². The molecule has 0 radical (unpaired) electrons. The molecule has 22 heavy (non-hydrogen) atoms. The van der Waals surface area contributed by atoms with Gasteiger partial charge in [0.15, 0.2) is 0 Å². The Labute approximate surface area is 128 Å². The number of hydrogen-bond donors (Lipinski definition) is 3. The van der Waals surface area contributed by atoms with E-state index >= 15 is 0 Å². The summed E-state index contributed by atoms with van der Waals surface area (Å²) in [7, 11) is 0. The molecule has 6 heteroatoms. The van der Waals surface area contributed by atoms with Gasteiger partial charge in [0.25, 0.3) is 0 Å². The number of anilines is 1. The third-order valence-electron chi connectivity index (χ3n) is 4.02. The van der Waals surface area contributed by atoms with Gasteiger partial charge in [-0.1, -0.05) is 25.5 Å². The van der Waals surface area contributed by atoms with E-state index in [9.17, 15) is 14.4 Å². The van der Waals surface area contributed by atoms with Crippen molar-refractivity contribution in [2.45, 2.75) is 32.6 Å². The van der Waals surface area contributed by atoms with Crippen molar-refractivity contribution in [3.63, 3.8) is 0 Å². The second kappa shape index (κ2) is 6.60. The largest absolute Gasteiger partial charge is 0.480 e. The van der Waals surface area contributed by atoms with Crippen LogP contribution < -0.4 is 10.6 Å². The lowest BCUT2D eigenvalue weighted by Crippen LogP contribution is -2.39. The highest BCUT2D eigenvalue weighted by molar-refractivity contribution is 5.95. The van der Waals surface area contributed by atoms with Gasteiger partial charge < -0.3 is 15.7 Å². The molecule has 3 N–H and O–H groups in total. The van der Waals surface area contributed by atoms with Crippen LogP contribution in [-0.4, -0.2) is 29.4 Å². The molecule has 2 rings (SSSR count). The van der Waals surface area contributed by atoms with E-state index in [2.05, 4.69) is 10.6 Å². The van der Waals surface area contributed by atoms with Crippen LogP contribution in [0.2, 0.25) is 0 Å². The van der Waals surface area contributed by atoms with Gasteiger partial charge in [-0.15, -0.1) is 0 Å². The average molecular weight is 304 g/mol. The highest BCUT2D eigenvalue weighted by Gasteiger charge is 2.39. The van der Waals surface area contributed by atoms with E-state index in [1.807, 2.05) is 6.92 Å². The summed E-state index contributed by atoms with van der Waals surface area (Å²) in [6.07, 6.45) is 3.04. The van der Waals surface area contributed by atoms with E-state index in [1.165, 1.54) is 0 Å². The third kappa shape index (κ3) is 4.07. The van der Waals surface area contributed by atoms with E-state index in [0.717, 1.165) is 24.8 Å². The number of hydrogen-bond acceptors (Lipinski definition) is 3. The number of amides is 2. The molecular weight excluding hydrogens is 284 g/mol. The van der Waals surface area contributed by atoms with Gasteiger partial charge in [0.2, 0.25) is 11.8 Å². The monoisotopic (exact) mass is 304 g/mol. The number of aliphatic carboxylic acids is 1. The molecule has 0 aliphatic heterocycles. The van der Waals surface area contributed by atoms with Crippen molar-refractivity contribution in [1.29, 1.82) is 0 Å². The topological polar surface area (TPSA) is 95.5 Å². The molecule has 0 spiro atoms. The molecule has 0 saturated heterocycles. The molecule has 1 aromatic rings. The van der Waals surface area contributed by atoms with Gasteiger partial charge in [0.05, 0.1) is 6.42 Å². The Balaban J connectivity index is 1.86. The molecule has 118 valence electrons. The number of benzene rings is 1. The highest BCUT2D eigenvalue weighted by atomic mass is 16.4. The molecular formula is C16H20N2O4. The fraction of sp³-hybridized carbons (Fsp3) is 0.438. The predicted octanol–water partition coefficient (Wildman–Crippen LogP) is 1.56. The van der Waals surface area contributed by atoms with Crippen LogP contribution in [-0.2, 0) is 20.8 Å². The van der Waals surface area contributed by atoms with Crippen LogP contribution >= 0.6 is 0 Å². The molecule has 1 aliphatic carbocycles. The number of carboxylic acid groups (broad SMARTS) is 1. The third-order valence-corrected chi connectivity index (χ3v) is 4.02. The van der Waals surface area contributed by atoms with Crippen molar-refractivity contribution in [3.8, 4) is 0 Å². The van der Waals surface area contributed by atoms with Crippen molar-refractivity contribution < 1.29 is 19.5 Å². The van der Waals surface area contributed by atoms with Crippen LogP contribution in [0.4, 0.5) is 5.69 Å². The maximum absolute atomic E-state index is 12.1. The summed E-state index contributed by atoms with van der Waals surface area (Å²) in [6.45, 7) is 1.58. The lowest BCUT2D eigenvalue weighted by molar-refractivity contribution is -0.137. The standard InChI is InChI=1S/C16H20N2O4/c1-16(7-2-8-16)15(22)18-12-5-3-11(4-6-12)9-13(19)17-10-14(20)21/h3-6H,2,7-10H2,1H3,(H,17,19)(H,18,22)(H,20,21). The zero-order valence-electron chi connectivity index (χ0n) is 12.5. The SMILES string of the molecule is CC1(C(=O)Nc2ccc(CC(=O)NCC(=O)O)cc2)CCC1. The summed E-state index contributed by atoms with van der Waals surface area (Å²) >= 11 is 0. The van der Waals surface area contributed by atoms with Crippen LogP contribution in [0.25, 0.3) is 0 Å². The molecule has 1 aromatic carbocycles. The van der Waals surface area contributed by atoms with Crippen molar-refractivity contribution in [3.05, 3.63) is 29.8 Å². The first-order valence-electron chi connectivity index (χ1n) is 7.28. The summed E-state index contributed by atoms with van der Waals surface area (Å²) in [5.41, 5.74) is 1.21. The molecule has 1 fully saturated rings. The predicted molar refractivity (Wildman–Crippen MR) is 81.4 cm³/mol. The number of nitrogens with one attached hydrogen (secondary N) is 2. The smallest absolute Gasteiger partial charge is 0.322 e. The van der Waals surface area contributed by atoms with E-state index < -0.39 is 5.97 Å². The molecule has 1 saturated carbocycles. The van der Waals surface area contributed by atoms with E-state index in [0.29, 0.717) is 5.69 Å². The van der Waals surface area contributed by atoms with E-state index in [4.69, 9.17) is 5.11 Å². The van der Waals surface area contributed by atoms with Gasteiger partial charge in [-0.25, -0.2) is 0 Å². The Hall–Kier alpha value is -2.37. The van der Waals surface area contributed by atoms with Crippen LogP contribution in [0.1, 0.15) is 31.7 Å². The van der Waals surface area contributed by atoms with Gasteiger partial charge in [0.1, 0.15) is 6.54 Å². The lowest BCUT2D eigenvalue weighted by Gasteiger charge is -2.36. The molecule has 0 heterocycles. The molecule has 0 aromatic heterocycles. The highest BCUT2D eigenvalue weighted by Crippen LogP contribution is 2.41.